The Hall–Kier alpha value is 0.270. The first kappa shape index (κ1) is 9.36. The van der Waals surface area contributed by atoms with Crippen molar-refractivity contribution in [2.75, 3.05) is 12.3 Å². The highest BCUT2D eigenvalue weighted by atomic mass is 32.2. The van der Waals surface area contributed by atoms with Gasteiger partial charge in [0.1, 0.15) is 0 Å². The van der Waals surface area contributed by atoms with Gasteiger partial charge in [0, 0.05) is 18.3 Å². The van der Waals surface area contributed by atoms with Crippen LogP contribution in [0.15, 0.2) is 0 Å². The Morgan fingerprint density at radius 3 is 3.09 bits per heavy atom. The van der Waals surface area contributed by atoms with E-state index in [2.05, 4.69) is 12.2 Å². The molecule has 0 aromatic rings. The van der Waals surface area contributed by atoms with Gasteiger partial charge in [-0.25, -0.2) is 0 Å². The average Bonchev–Trinajstić information content (AvgIpc) is 2.52. The second-order valence-electron chi connectivity index (χ2n) is 3.05. The van der Waals surface area contributed by atoms with Gasteiger partial charge in [-0.15, -0.1) is 11.8 Å². The Bertz CT molecular complexity index is 102. The summed E-state index contributed by atoms with van der Waals surface area (Å²) in [6.45, 7) is 3.34. The van der Waals surface area contributed by atoms with Crippen molar-refractivity contribution in [2.45, 2.75) is 37.6 Å². The molecular weight excluding hydrogens is 156 g/mol. The smallest absolute Gasteiger partial charge is 0.0686 e. The zero-order valence-electron chi connectivity index (χ0n) is 7.18. The van der Waals surface area contributed by atoms with Crippen LogP contribution in [0.4, 0.5) is 0 Å². The lowest BCUT2D eigenvalue weighted by Crippen LogP contribution is -2.39. The lowest BCUT2D eigenvalue weighted by Gasteiger charge is -2.17. The summed E-state index contributed by atoms with van der Waals surface area (Å²) in [7, 11) is 0. The average molecular weight is 174 g/mol. The van der Waals surface area contributed by atoms with Crippen LogP contribution >= 0.6 is 11.8 Å². The van der Waals surface area contributed by atoms with Gasteiger partial charge in [0.25, 0.3) is 0 Å². The van der Waals surface area contributed by atoms with Crippen LogP contribution in [0.25, 0.3) is 0 Å². The van der Waals surface area contributed by atoms with E-state index in [0.29, 0.717) is 11.4 Å². The van der Waals surface area contributed by atoms with E-state index in [-0.39, 0.29) is 0 Å². The fraction of sp³-hybridized carbons (Fsp3) is 1.00. The molecule has 1 rings (SSSR count). The van der Waals surface area contributed by atoms with E-state index < -0.39 is 0 Å². The largest absolute Gasteiger partial charge is 0.326 e. The fourth-order valence-corrected chi connectivity index (χ4v) is 2.42. The summed E-state index contributed by atoms with van der Waals surface area (Å²) in [6.07, 6.45) is 3.69. The van der Waals surface area contributed by atoms with E-state index in [4.69, 9.17) is 5.73 Å². The third-order valence-corrected chi connectivity index (χ3v) is 3.34. The molecule has 0 amide bonds. The minimum Gasteiger partial charge on any atom is -0.326 e. The van der Waals surface area contributed by atoms with Crippen LogP contribution in [0.2, 0.25) is 0 Å². The second kappa shape index (κ2) is 5.01. The Kier molecular flexibility index (Phi) is 4.26. The number of hydrogen-bond acceptors (Lipinski definition) is 3. The first-order valence-corrected chi connectivity index (χ1v) is 5.50. The number of thioether (sulfide) groups is 1. The van der Waals surface area contributed by atoms with Gasteiger partial charge in [0.15, 0.2) is 0 Å². The maximum atomic E-state index is 5.98. The lowest BCUT2D eigenvalue weighted by molar-refractivity contribution is 0.517. The molecule has 0 spiro atoms. The molecule has 2 atom stereocenters. The molecule has 2 nitrogen and oxygen atoms in total. The van der Waals surface area contributed by atoms with Gasteiger partial charge in [0.05, 0.1) is 5.37 Å². The predicted molar refractivity (Wildman–Crippen MR) is 51.7 cm³/mol. The monoisotopic (exact) mass is 174 g/mol. The summed E-state index contributed by atoms with van der Waals surface area (Å²) >= 11 is 1.96. The highest BCUT2D eigenvalue weighted by Crippen LogP contribution is 2.18. The van der Waals surface area contributed by atoms with E-state index in [1.54, 1.807) is 0 Å². The minimum atomic E-state index is 0.363. The molecule has 1 saturated heterocycles. The van der Waals surface area contributed by atoms with Crippen LogP contribution in [0.1, 0.15) is 26.2 Å². The Balaban J connectivity index is 2.12. The van der Waals surface area contributed by atoms with Gasteiger partial charge in [-0.3, -0.25) is 0 Å². The molecule has 0 aliphatic carbocycles. The summed E-state index contributed by atoms with van der Waals surface area (Å²) in [5.41, 5.74) is 5.98. The van der Waals surface area contributed by atoms with Crippen LogP contribution < -0.4 is 11.1 Å². The van der Waals surface area contributed by atoms with Crippen molar-refractivity contribution in [3.63, 3.8) is 0 Å². The summed E-state index contributed by atoms with van der Waals surface area (Å²) in [5, 5.41) is 3.93. The van der Waals surface area contributed by atoms with Crippen molar-refractivity contribution in [1.29, 1.82) is 0 Å². The van der Waals surface area contributed by atoms with Gasteiger partial charge < -0.3 is 11.1 Å². The van der Waals surface area contributed by atoms with Crippen molar-refractivity contribution < 1.29 is 0 Å². The van der Waals surface area contributed by atoms with Gasteiger partial charge in [-0.05, 0) is 6.42 Å². The van der Waals surface area contributed by atoms with E-state index in [1.807, 2.05) is 11.8 Å². The number of nitrogens with two attached hydrogens (primary N) is 1. The topological polar surface area (TPSA) is 38.0 Å². The Labute approximate surface area is 73.3 Å². The highest BCUT2D eigenvalue weighted by molar-refractivity contribution is 8.00. The van der Waals surface area contributed by atoms with E-state index in [0.717, 1.165) is 6.54 Å². The van der Waals surface area contributed by atoms with Gasteiger partial charge in [-0.2, -0.15) is 0 Å². The normalized spacial score (nSPS) is 27.3. The van der Waals surface area contributed by atoms with Crippen LogP contribution in [0.3, 0.4) is 0 Å². The first-order chi connectivity index (χ1) is 5.34. The molecule has 11 heavy (non-hydrogen) atoms. The molecule has 1 aliphatic heterocycles. The molecular formula is C8H18N2S. The van der Waals surface area contributed by atoms with Crippen LogP contribution in [-0.4, -0.2) is 23.7 Å². The summed E-state index contributed by atoms with van der Waals surface area (Å²) < 4.78 is 0. The zero-order chi connectivity index (χ0) is 8.10. The van der Waals surface area contributed by atoms with Crippen molar-refractivity contribution in [3.05, 3.63) is 0 Å². The SMILES string of the molecule is CCCCC(N)C1NCCS1. The molecule has 0 aromatic carbocycles. The number of unbranched alkanes of at least 4 members (excludes halogenated alkanes) is 1. The van der Waals surface area contributed by atoms with Crippen molar-refractivity contribution in [3.8, 4) is 0 Å². The fourth-order valence-electron chi connectivity index (χ4n) is 1.31. The summed E-state index contributed by atoms with van der Waals surface area (Å²) in [6, 6.07) is 0.363. The van der Waals surface area contributed by atoms with Crippen molar-refractivity contribution in [2.24, 2.45) is 5.73 Å². The zero-order valence-corrected chi connectivity index (χ0v) is 7.99. The number of nitrogens with one attached hydrogen (secondary N) is 1. The van der Waals surface area contributed by atoms with Gasteiger partial charge in [-0.1, -0.05) is 19.8 Å². The molecule has 0 aromatic heterocycles. The molecule has 3 N–H and O–H groups in total. The highest BCUT2D eigenvalue weighted by Gasteiger charge is 2.20. The van der Waals surface area contributed by atoms with Crippen molar-refractivity contribution in [1.82, 2.24) is 5.32 Å². The predicted octanol–water partition coefficient (Wildman–Crippen LogP) is 1.17. The minimum absolute atomic E-state index is 0.363. The third kappa shape index (κ3) is 3.01. The van der Waals surface area contributed by atoms with Gasteiger partial charge in [0.2, 0.25) is 0 Å². The Morgan fingerprint density at radius 1 is 1.73 bits per heavy atom. The summed E-state index contributed by atoms with van der Waals surface area (Å²) in [5.74, 6) is 1.23. The third-order valence-electron chi connectivity index (χ3n) is 2.02. The molecule has 1 fully saturated rings. The number of hydrogen-bond donors (Lipinski definition) is 2. The van der Waals surface area contributed by atoms with E-state index in [1.165, 1.54) is 25.0 Å². The van der Waals surface area contributed by atoms with E-state index >= 15 is 0 Å². The molecule has 66 valence electrons. The van der Waals surface area contributed by atoms with Crippen molar-refractivity contribution >= 4 is 11.8 Å². The molecule has 0 bridgehead atoms. The molecule has 0 saturated carbocycles. The summed E-state index contributed by atoms with van der Waals surface area (Å²) in [4.78, 5) is 0. The number of rotatable bonds is 4. The standard InChI is InChI=1S/C8H18N2S/c1-2-3-4-7(9)8-10-5-6-11-8/h7-8,10H,2-6,9H2,1H3. The molecule has 3 heteroatoms. The quantitative estimate of drug-likeness (QED) is 0.672. The lowest BCUT2D eigenvalue weighted by atomic mass is 10.1. The molecule has 2 unspecified atom stereocenters. The molecule has 1 heterocycles. The second-order valence-corrected chi connectivity index (χ2v) is 4.30. The Morgan fingerprint density at radius 2 is 2.55 bits per heavy atom. The van der Waals surface area contributed by atoms with Gasteiger partial charge >= 0.3 is 0 Å². The maximum Gasteiger partial charge on any atom is 0.0686 e. The molecule has 0 radical (unpaired) electrons. The van der Waals surface area contributed by atoms with E-state index in [9.17, 15) is 0 Å². The maximum absolute atomic E-state index is 5.98. The van der Waals surface area contributed by atoms with Crippen LogP contribution in [0.5, 0.6) is 0 Å². The van der Waals surface area contributed by atoms with Crippen LogP contribution in [0, 0.1) is 0 Å². The van der Waals surface area contributed by atoms with Crippen LogP contribution in [-0.2, 0) is 0 Å². The molecule has 1 aliphatic rings. The first-order valence-electron chi connectivity index (χ1n) is 4.45.